The van der Waals surface area contributed by atoms with Crippen LogP contribution in [0.3, 0.4) is 0 Å². The van der Waals surface area contributed by atoms with Crippen LogP contribution < -0.4 is 0 Å². The predicted octanol–water partition coefficient (Wildman–Crippen LogP) is 4.68. The monoisotopic (exact) mass is 338 g/mol. The molecule has 0 N–H and O–H groups in total. The third-order valence-electron chi connectivity index (χ3n) is 4.87. The molecule has 1 atom stereocenters. The normalized spacial score (nSPS) is 12.6. The zero-order valence-electron chi connectivity index (χ0n) is 14.2. The Morgan fingerprint density at radius 1 is 0.731 bits per heavy atom. The molecular formula is C22H18N4. The molecule has 126 valence electrons. The van der Waals surface area contributed by atoms with Gasteiger partial charge >= 0.3 is 0 Å². The lowest BCUT2D eigenvalue weighted by atomic mass is 10.1. The summed E-state index contributed by atoms with van der Waals surface area (Å²) in [6, 6.07) is 29.3. The second-order valence-corrected chi connectivity index (χ2v) is 6.47. The van der Waals surface area contributed by atoms with E-state index in [1.54, 1.807) is 0 Å². The number of aromatic nitrogens is 4. The molecule has 0 amide bonds. The van der Waals surface area contributed by atoms with Crippen molar-refractivity contribution in [1.29, 1.82) is 0 Å². The average molecular weight is 338 g/mol. The number of nitrogens with zero attached hydrogens (tertiary/aromatic N) is 4. The molecule has 0 fully saturated rings. The van der Waals surface area contributed by atoms with Crippen LogP contribution in [-0.2, 0) is 6.42 Å². The van der Waals surface area contributed by atoms with Gasteiger partial charge in [-0.2, -0.15) is 0 Å². The molecule has 2 aromatic heterocycles. The van der Waals surface area contributed by atoms with Crippen molar-refractivity contribution >= 4 is 21.9 Å². The Morgan fingerprint density at radius 2 is 1.46 bits per heavy atom. The average Bonchev–Trinajstić information content (AvgIpc) is 3.32. The van der Waals surface area contributed by atoms with Gasteiger partial charge in [-0.1, -0.05) is 65.9 Å². The van der Waals surface area contributed by atoms with E-state index in [1.165, 1.54) is 16.5 Å². The molecule has 26 heavy (non-hydrogen) atoms. The summed E-state index contributed by atoms with van der Waals surface area (Å²) in [7, 11) is 0. The van der Waals surface area contributed by atoms with Crippen LogP contribution in [0.25, 0.3) is 21.9 Å². The lowest BCUT2D eigenvalue weighted by Crippen LogP contribution is -2.21. The Kier molecular flexibility index (Phi) is 3.53. The Hall–Kier alpha value is -3.40. The van der Waals surface area contributed by atoms with Crippen molar-refractivity contribution in [2.75, 3.05) is 0 Å². The minimum atomic E-state index is 0.0182. The number of fused-ring (bicyclic) bond motifs is 2. The smallest absolute Gasteiger partial charge is 0.133 e. The summed E-state index contributed by atoms with van der Waals surface area (Å²) in [5.74, 6) is 0. The molecule has 4 heteroatoms. The first kappa shape index (κ1) is 14.9. The van der Waals surface area contributed by atoms with Gasteiger partial charge in [-0.15, -0.1) is 5.10 Å². The first-order valence-corrected chi connectivity index (χ1v) is 8.79. The minimum absolute atomic E-state index is 0.0182. The molecule has 5 rings (SSSR count). The number of para-hydroxylation sites is 2. The molecule has 0 aliphatic carbocycles. The van der Waals surface area contributed by atoms with E-state index in [2.05, 4.69) is 87.8 Å². The zero-order chi connectivity index (χ0) is 17.3. The summed E-state index contributed by atoms with van der Waals surface area (Å²) < 4.78 is 4.33. The molecule has 4 nitrogen and oxygen atoms in total. The van der Waals surface area contributed by atoms with Crippen molar-refractivity contribution in [2.45, 2.75) is 12.6 Å². The molecule has 0 aliphatic rings. The third-order valence-corrected chi connectivity index (χ3v) is 4.87. The van der Waals surface area contributed by atoms with Gasteiger partial charge in [-0.3, -0.25) is 0 Å². The van der Waals surface area contributed by atoms with Crippen molar-refractivity contribution in [3.05, 3.63) is 96.7 Å². The minimum Gasteiger partial charge on any atom is -0.324 e. The van der Waals surface area contributed by atoms with E-state index in [0.29, 0.717) is 0 Å². The van der Waals surface area contributed by atoms with Gasteiger partial charge < -0.3 is 4.57 Å². The van der Waals surface area contributed by atoms with Gasteiger partial charge in [0.25, 0.3) is 0 Å². The number of hydrogen-bond donors (Lipinski definition) is 0. The first-order valence-electron chi connectivity index (χ1n) is 8.79. The summed E-state index contributed by atoms with van der Waals surface area (Å²) in [4.78, 5) is 0. The van der Waals surface area contributed by atoms with Crippen LogP contribution in [0.4, 0.5) is 0 Å². The SMILES string of the molecule is c1ccc(CC(n2ccc3ccccc32)n2nnc3ccccc32)cc1. The molecule has 0 bridgehead atoms. The highest BCUT2D eigenvalue weighted by Crippen LogP contribution is 2.26. The zero-order valence-corrected chi connectivity index (χ0v) is 14.2. The van der Waals surface area contributed by atoms with Gasteiger partial charge in [0.2, 0.25) is 0 Å². The lowest BCUT2D eigenvalue weighted by Gasteiger charge is -2.21. The molecule has 3 aromatic carbocycles. The fourth-order valence-corrected chi connectivity index (χ4v) is 3.60. The van der Waals surface area contributed by atoms with Crippen LogP contribution in [0, 0.1) is 0 Å². The number of rotatable bonds is 4. The van der Waals surface area contributed by atoms with Crippen LogP contribution in [0.1, 0.15) is 11.7 Å². The van der Waals surface area contributed by atoms with E-state index >= 15 is 0 Å². The molecule has 2 heterocycles. The van der Waals surface area contributed by atoms with E-state index in [9.17, 15) is 0 Å². The molecular weight excluding hydrogens is 320 g/mol. The van der Waals surface area contributed by atoms with Crippen LogP contribution in [0.15, 0.2) is 91.1 Å². The highest BCUT2D eigenvalue weighted by Gasteiger charge is 2.19. The summed E-state index contributed by atoms with van der Waals surface area (Å²) in [6.07, 6.45) is 3.01. The van der Waals surface area contributed by atoms with E-state index < -0.39 is 0 Å². The summed E-state index contributed by atoms with van der Waals surface area (Å²) in [5, 5.41) is 10.1. The van der Waals surface area contributed by atoms with Gasteiger partial charge in [-0.05, 0) is 35.2 Å². The summed E-state index contributed by atoms with van der Waals surface area (Å²) in [6.45, 7) is 0. The van der Waals surface area contributed by atoms with E-state index in [0.717, 1.165) is 17.5 Å². The van der Waals surface area contributed by atoms with E-state index in [4.69, 9.17) is 0 Å². The Balaban J connectivity index is 1.70. The third kappa shape index (κ3) is 2.47. The Labute approximate surface area is 151 Å². The Morgan fingerprint density at radius 3 is 2.35 bits per heavy atom. The molecule has 0 saturated carbocycles. The lowest BCUT2D eigenvalue weighted by molar-refractivity contribution is 0.402. The maximum atomic E-state index is 4.50. The molecule has 5 aromatic rings. The fraction of sp³-hybridized carbons (Fsp3) is 0.0909. The second kappa shape index (κ2) is 6.15. The van der Waals surface area contributed by atoms with Gasteiger partial charge in [0.15, 0.2) is 0 Å². The van der Waals surface area contributed by atoms with Gasteiger partial charge in [-0.25, -0.2) is 4.68 Å². The van der Waals surface area contributed by atoms with E-state index in [-0.39, 0.29) is 6.17 Å². The predicted molar refractivity (Wildman–Crippen MR) is 104 cm³/mol. The maximum Gasteiger partial charge on any atom is 0.133 e. The van der Waals surface area contributed by atoms with Crippen LogP contribution in [0.5, 0.6) is 0 Å². The topological polar surface area (TPSA) is 35.6 Å². The van der Waals surface area contributed by atoms with Crippen molar-refractivity contribution < 1.29 is 0 Å². The largest absolute Gasteiger partial charge is 0.324 e. The van der Waals surface area contributed by atoms with Crippen molar-refractivity contribution in [1.82, 2.24) is 19.6 Å². The van der Waals surface area contributed by atoms with Gasteiger partial charge in [0, 0.05) is 18.1 Å². The van der Waals surface area contributed by atoms with E-state index in [1.807, 2.05) is 22.9 Å². The molecule has 0 radical (unpaired) electrons. The van der Waals surface area contributed by atoms with Crippen LogP contribution in [0.2, 0.25) is 0 Å². The van der Waals surface area contributed by atoms with Crippen molar-refractivity contribution in [3.8, 4) is 0 Å². The standard InChI is InChI=1S/C22H18N4/c1-2-8-17(9-3-1)16-22(25-15-14-18-10-4-6-12-20(18)25)26-21-13-7-5-11-19(21)23-24-26/h1-15,22H,16H2. The Bertz CT molecular complexity index is 1100. The quantitative estimate of drug-likeness (QED) is 0.477. The molecule has 1 unspecified atom stereocenters. The summed E-state index contributed by atoms with van der Waals surface area (Å²) >= 11 is 0. The molecule has 0 aliphatic heterocycles. The fourth-order valence-electron chi connectivity index (χ4n) is 3.60. The number of benzene rings is 3. The molecule has 0 spiro atoms. The van der Waals surface area contributed by atoms with Gasteiger partial charge in [0.1, 0.15) is 11.7 Å². The van der Waals surface area contributed by atoms with Crippen molar-refractivity contribution in [2.24, 2.45) is 0 Å². The summed E-state index contributed by atoms with van der Waals surface area (Å²) in [5.41, 5.74) is 4.44. The van der Waals surface area contributed by atoms with Gasteiger partial charge in [0.05, 0.1) is 5.52 Å². The second-order valence-electron chi connectivity index (χ2n) is 6.47. The van der Waals surface area contributed by atoms with Crippen LogP contribution >= 0.6 is 0 Å². The number of hydrogen-bond acceptors (Lipinski definition) is 2. The molecule has 0 saturated heterocycles. The first-order chi connectivity index (χ1) is 12.9. The highest BCUT2D eigenvalue weighted by molar-refractivity contribution is 5.80. The highest BCUT2D eigenvalue weighted by atomic mass is 15.5. The maximum absolute atomic E-state index is 4.50. The van der Waals surface area contributed by atoms with Crippen LogP contribution in [-0.4, -0.2) is 19.6 Å². The van der Waals surface area contributed by atoms with Crippen molar-refractivity contribution in [3.63, 3.8) is 0 Å².